The van der Waals surface area contributed by atoms with Gasteiger partial charge in [0.1, 0.15) is 0 Å². The molecular formula is C44H47N5O2. The number of unbranched alkanes of at least 4 members (excludes halogenated alkanes) is 2. The number of allylic oxidation sites excluding steroid dienone is 2. The summed E-state index contributed by atoms with van der Waals surface area (Å²) in [5.41, 5.74) is 4.79. The van der Waals surface area contributed by atoms with Gasteiger partial charge in [0.05, 0.1) is 41.3 Å². The molecular weight excluding hydrogens is 631 g/mol. The van der Waals surface area contributed by atoms with E-state index in [2.05, 4.69) is 46.5 Å². The SMILES string of the molecule is [C-]#[N+]/C(C)=C\c1ccc2c(c1)c(=O)c1cc3c(cc1n2CC(CC)CCCC)c(=O)c1cc(/C=C(\C#N)[N+]#[C-])ccc1n3CC(CC)CCCC. The van der Waals surface area contributed by atoms with Crippen molar-refractivity contribution in [3.05, 3.63) is 114 Å². The predicted octanol–water partition coefficient (Wildman–Crippen LogP) is 11.1. The second-order valence-electron chi connectivity index (χ2n) is 13.8. The van der Waals surface area contributed by atoms with Gasteiger partial charge in [0.2, 0.25) is 0 Å². The van der Waals surface area contributed by atoms with Gasteiger partial charge in [-0.3, -0.25) is 9.59 Å². The highest BCUT2D eigenvalue weighted by atomic mass is 16.1. The largest absolute Gasteiger partial charge is 0.340 e. The molecule has 0 saturated heterocycles. The molecule has 2 unspecified atom stereocenters. The minimum atomic E-state index is -0.136. The highest BCUT2D eigenvalue weighted by molar-refractivity contribution is 6.04. The lowest BCUT2D eigenvalue weighted by molar-refractivity contribution is 0.400. The molecule has 5 aromatic rings. The summed E-state index contributed by atoms with van der Waals surface area (Å²) >= 11 is 0. The van der Waals surface area contributed by atoms with Gasteiger partial charge in [-0.2, -0.15) is 0 Å². The fraction of sp³-hybridized carbons (Fsp3) is 0.386. The second-order valence-corrected chi connectivity index (χ2v) is 13.8. The Bertz CT molecular complexity index is 2410. The number of pyridine rings is 2. The van der Waals surface area contributed by atoms with Crippen LogP contribution in [0.25, 0.3) is 65.5 Å². The third kappa shape index (κ3) is 7.67. The van der Waals surface area contributed by atoms with Crippen LogP contribution >= 0.6 is 0 Å². The first-order chi connectivity index (χ1) is 24.7. The van der Waals surface area contributed by atoms with Gasteiger partial charge in [0, 0.05) is 34.6 Å². The molecule has 7 heteroatoms. The van der Waals surface area contributed by atoms with Gasteiger partial charge in [-0.15, -0.1) is 0 Å². The van der Waals surface area contributed by atoms with Crippen LogP contribution < -0.4 is 10.9 Å². The first-order valence-electron chi connectivity index (χ1n) is 18.4. The Morgan fingerprint density at radius 3 is 1.55 bits per heavy atom. The van der Waals surface area contributed by atoms with Crippen LogP contribution in [0.15, 0.2) is 69.5 Å². The van der Waals surface area contributed by atoms with Crippen molar-refractivity contribution in [3.8, 4) is 6.07 Å². The van der Waals surface area contributed by atoms with E-state index in [4.69, 9.17) is 13.1 Å². The maximum absolute atomic E-state index is 14.6. The monoisotopic (exact) mass is 677 g/mol. The first kappa shape index (κ1) is 36.8. The number of rotatable bonds is 14. The van der Waals surface area contributed by atoms with E-state index in [9.17, 15) is 14.9 Å². The minimum absolute atomic E-state index is 0.0422. The van der Waals surface area contributed by atoms with Crippen molar-refractivity contribution < 1.29 is 0 Å². The lowest BCUT2D eigenvalue weighted by Gasteiger charge is -2.24. The summed E-state index contributed by atoms with van der Waals surface area (Å²) in [6, 6.07) is 17.2. The number of nitriles is 1. The second kappa shape index (κ2) is 16.5. The van der Waals surface area contributed by atoms with E-state index >= 15 is 0 Å². The molecule has 0 fully saturated rings. The van der Waals surface area contributed by atoms with E-state index in [1.165, 1.54) is 6.08 Å². The van der Waals surface area contributed by atoms with Crippen LogP contribution in [-0.2, 0) is 13.1 Å². The lowest BCUT2D eigenvalue weighted by atomic mass is 9.96. The third-order valence-corrected chi connectivity index (χ3v) is 10.4. The Hall–Kier alpha value is -5.45. The molecule has 0 aliphatic carbocycles. The van der Waals surface area contributed by atoms with Crippen molar-refractivity contribution in [1.82, 2.24) is 9.13 Å². The third-order valence-electron chi connectivity index (χ3n) is 10.4. The fourth-order valence-corrected chi connectivity index (χ4v) is 7.32. The number of hydrogen-bond donors (Lipinski definition) is 0. The van der Waals surface area contributed by atoms with Crippen LogP contribution in [-0.4, -0.2) is 9.13 Å². The van der Waals surface area contributed by atoms with Crippen LogP contribution in [0.5, 0.6) is 0 Å². The van der Waals surface area contributed by atoms with Crippen LogP contribution in [0, 0.1) is 36.3 Å². The summed E-state index contributed by atoms with van der Waals surface area (Å²) in [4.78, 5) is 36.0. The predicted molar refractivity (Wildman–Crippen MR) is 212 cm³/mol. The zero-order chi connectivity index (χ0) is 36.7. The van der Waals surface area contributed by atoms with E-state index in [-0.39, 0.29) is 16.6 Å². The van der Waals surface area contributed by atoms with Crippen molar-refractivity contribution in [2.24, 2.45) is 11.8 Å². The Balaban J connectivity index is 1.92. The van der Waals surface area contributed by atoms with Gasteiger partial charge >= 0.3 is 0 Å². The van der Waals surface area contributed by atoms with Crippen LogP contribution in [0.1, 0.15) is 97.1 Å². The Labute approximate surface area is 300 Å². The van der Waals surface area contributed by atoms with Crippen molar-refractivity contribution in [2.75, 3.05) is 0 Å². The molecule has 0 aliphatic heterocycles. The zero-order valence-corrected chi connectivity index (χ0v) is 30.6. The van der Waals surface area contributed by atoms with Crippen molar-refractivity contribution in [3.63, 3.8) is 0 Å². The Morgan fingerprint density at radius 2 is 1.16 bits per heavy atom. The topological polar surface area (TPSA) is 76.5 Å². The number of aromatic nitrogens is 2. The van der Waals surface area contributed by atoms with E-state index in [0.29, 0.717) is 57.7 Å². The molecule has 0 radical (unpaired) electrons. The normalized spacial score (nSPS) is 13.4. The maximum Gasteiger partial charge on any atom is 0.262 e. The lowest BCUT2D eigenvalue weighted by Crippen LogP contribution is -2.19. The molecule has 0 bridgehead atoms. The molecule has 0 N–H and O–H groups in total. The summed E-state index contributed by atoms with van der Waals surface area (Å²) in [6.45, 7) is 26.8. The van der Waals surface area contributed by atoms with Crippen molar-refractivity contribution in [1.29, 1.82) is 5.26 Å². The first-order valence-corrected chi connectivity index (χ1v) is 18.4. The molecule has 0 spiro atoms. The summed E-state index contributed by atoms with van der Waals surface area (Å²) in [5, 5.41) is 11.7. The highest BCUT2D eigenvalue weighted by Gasteiger charge is 2.20. The number of fused-ring (bicyclic) bond motifs is 4. The summed E-state index contributed by atoms with van der Waals surface area (Å²) in [7, 11) is 0. The number of nitrogens with zero attached hydrogens (tertiary/aromatic N) is 5. The molecule has 7 nitrogen and oxygen atoms in total. The van der Waals surface area contributed by atoms with Crippen molar-refractivity contribution in [2.45, 2.75) is 99.1 Å². The van der Waals surface area contributed by atoms with Gasteiger partial charge in [-0.1, -0.05) is 84.4 Å². The van der Waals surface area contributed by atoms with Gasteiger partial charge in [0.15, 0.2) is 16.6 Å². The van der Waals surface area contributed by atoms with Crippen LogP contribution in [0.2, 0.25) is 0 Å². The fourth-order valence-electron chi connectivity index (χ4n) is 7.32. The summed E-state index contributed by atoms with van der Waals surface area (Å²) in [5.74, 6) is 0.764. The van der Waals surface area contributed by atoms with E-state index in [0.717, 1.165) is 79.0 Å². The molecule has 2 heterocycles. The number of benzene rings is 3. The summed E-state index contributed by atoms with van der Waals surface area (Å²) < 4.78 is 4.45. The molecule has 5 rings (SSSR count). The molecule has 2 aromatic heterocycles. The van der Waals surface area contributed by atoms with E-state index < -0.39 is 0 Å². The molecule has 3 aromatic carbocycles. The minimum Gasteiger partial charge on any atom is -0.340 e. The van der Waals surface area contributed by atoms with Crippen LogP contribution in [0.3, 0.4) is 0 Å². The standard InChI is InChI=1S/C44H47N5O2/c1-8-12-14-30(10-3)27-48-39-18-16-32(20-29(5)46-6)22-35(39)43(50)37-24-42-38(25-41(37)48)44(51)36-23-33(21-34(26-45)47-7)17-19-40(36)49(42)28-31(11-4)15-13-9-2/h16-25,30-31H,8-15,27-28H2,1-5H3/b29-20-,34-21+. The molecule has 0 saturated carbocycles. The van der Waals surface area contributed by atoms with Gasteiger partial charge in [-0.05, 0) is 85.2 Å². The van der Waals surface area contributed by atoms with Crippen molar-refractivity contribution >= 4 is 55.8 Å². The van der Waals surface area contributed by atoms with E-state index in [1.54, 1.807) is 13.0 Å². The molecule has 260 valence electrons. The van der Waals surface area contributed by atoms with Gasteiger partial charge < -0.3 is 9.13 Å². The van der Waals surface area contributed by atoms with Gasteiger partial charge in [0.25, 0.3) is 5.70 Å². The molecule has 2 atom stereocenters. The van der Waals surface area contributed by atoms with E-state index in [1.807, 2.05) is 54.6 Å². The number of hydrogen-bond acceptors (Lipinski definition) is 3. The Kier molecular flexibility index (Phi) is 11.9. The molecule has 0 amide bonds. The highest BCUT2D eigenvalue weighted by Crippen LogP contribution is 2.31. The van der Waals surface area contributed by atoms with Gasteiger partial charge in [-0.25, -0.2) is 15.0 Å². The molecule has 0 aliphatic rings. The Morgan fingerprint density at radius 1 is 0.706 bits per heavy atom. The average Bonchev–Trinajstić information content (AvgIpc) is 3.15. The quantitative estimate of drug-likeness (QED) is 0.0667. The van der Waals surface area contributed by atoms with Crippen LogP contribution in [0.4, 0.5) is 0 Å². The zero-order valence-electron chi connectivity index (χ0n) is 30.6. The maximum atomic E-state index is 14.6. The molecule has 51 heavy (non-hydrogen) atoms. The smallest absolute Gasteiger partial charge is 0.262 e. The summed E-state index contributed by atoms with van der Waals surface area (Å²) in [6.07, 6.45) is 11.9. The average molecular weight is 678 g/mol.